The van der Waals surface area contributed by atoms with Crippen molar-refractivity contribution in [2.75, 3.05) is 20.2 Å². The molecule has 214 valence electrons. The average Bonchev–Trinajstić information content (AvgIpc) is 3.37. The zero-order chi connectivity index (χ0) is 29.1. The van der Waals surface area contributed by atoms with Crippen LogP contribution in [0.4, 0.5) is 23.4 Å². The van der Waals surface area contributed by atoms with Crippen LogP contribution in [0.15, 0.2) is 59.7 Å². The molecule has 2 aromatic carbocycles. The molecular weight excluding hydrogens is 542 g/mol. The first-order valence-electron chi connectivity index (χ1n) is 12.9. The first kappa shape index (κ1) is 28.0. The second kappa shape index (κ2) is 11.5. The molecule has 2 aromatic heterocycles. The molecule has 5 N–H and O–H groups in total. The summed E-state index contributed by atoms with van der Waals surface area (Å²) in [6.07, 6.45) is -1.63. The van der Waals surface area contributed by atoms with Gasteiger partial charge < -0.3 is 15.8 Å². The van der Waals surface area contributed by atoms with Crippen molar-refractivity contribution in [3.05, 3.63) is 71.7 Å². The summed E-state index contributed by atoms with van der Waals surface area (Å²) < 4.78 is 57.8. The maximum atomic E-state index is 14.5. The molecule has 1 saturated heterocycles. The largest absolute Gasteiger partial charge is 0.496 e. The number of pyridine rings is 1. The standard InChI is InChI=1S/C28H27F4N7O2/c1-41-23-6-2-5-21(29)20(23)15-39-11-3-4-18(14-39)35-26(40)16-7-9-22-19(12-16)25(38-37-22)17-8-10-24(34-13-17)36-27(33)28(30,31)32/h2,5-10,12-13,18H,3-4,11,14-15H2,1H3,(H,35,40)(H,37,38)(H2,33,34,36)/p+1/t18-/m1/s1. The van der Waals surface area contributed by atoms with Crippen molar-refractivity contribution in [2.24, 2.45) is 10.7 Å². The molecule has 41 heavy (non-hydrogen) atoms. The fourth-order valence-electron chi connectivity index (χ4n) is 4.89. The molecule has 4 aromatic rings. The highest BCUT2D eigenvalue weighted by atomic mass is 19.4. The number of aliphatic imine (C=N–C) groups is 1. The lowest BCUT2D eigenvalue weighted by atomic mass is 10.0. The lowest BCUT2D eigenvalue weighted by Crippen LogP contribution is -2.47. The summed E-state index contributed by atoms with van der Waals surface area (Å²) in [5.74, 6) is -1.63. The predicted octanol–water partition coefficient (Wildman–Crippen LogP) is 4.14. The summed E-state index contributed by atoms with van der Waals surface area (Å²) >= 11 is 0. The Bertz CT molecular complexity index is 1580. The number of nitrogens with zero attached hydrogens (tertiary/aromatic N) is 3. The second-order valence-corrected chi connectivity index (χ2v) is 9.76. The Balaban J connectivity index is 1.29. The van der Waals surface area contributed by atoms with E-state index in [2.05, 4.69) is 30.4 Å². The molecule has 0 bridgehead atoms. The number of alkyl halides is 3. The number of amidine groups is 1. The number of benzene rings is 2. The normalized spacial score (nSPS) is 16.6. The van der Waals surface area contributed by atoms with Crippen LogP contribution in [0.2, 0.25) is 0 Å². The van der Waals surface area contributed by atoms with E-state index in [9.17, 15) is 22.4 Å². The molecule has 1 amide bonds. The monoisotopic (exact) mass is 570 g/mol. The van der Waals surface area contributed by atoms with E-state index in [1.807, 2.05) is 0 Å². The fraction of sp³-hybridized carbons (Fsp3) is 0.286. The highest BCUT2D eigenvalue weighted by molar-refractivity contribution is 6.01. The number of rotatable bonds is 7. The summed E-state index contributed by atoms with van der Waals surface area (Å²) in [4.78, 5) is 21.3. The summed E-state index contributed by atoms with van der Waals surface area (Å²) in [6, 6.07) is 12.7. The zero-order valence-electron chi connectivity index (χ0n) is 22.1. The SMILES string of the molecule is COc1cccc(F)c1CN1CCC[C@@H](NC(=O)c2ccc3[nH]nc(-c4ccc(N=C(N)C(F)(F)F)[nH+]c4)c3c2)C1. The Morgan fingerprint density at radius 1 is 1.27 bits per heavy atom. The van der Waals surface area contributed by atoms with E-state index in [1.165, 1.54) is 25.4 Å². The Morgan fingerprint density at radius 3 is 2.83 bits per heavy atom. The van der Waals surface area contributed by atoms with Gasteiger partial charge in [-0.1, -0.05) is 6.07 Å². The number of ether oxygens (including phenoxy) is 1. The number of likely N-dealkylation sites (tertiary alicyclic amines) is 1. The van der Waals surface area contributed by atoms with Gasteiger partial charge in [-0.2, -0.15) is 18.3 Å². The van der Waals surface area contributed by atoms with E-state index in [0.717, 1.165) is 19.4 Å². The summed E-state index contributed by atoms with van der Waals surface area (Å²) in [6.45, 7) is 1.71. The maximum absolute atomic E-state index is 14.5. The van der Waals surface area contributed by atoms with Gasteiger partial charge in [-0.25, -0.2) is 9.37 Å². The van der Waals surface area contributed by atoms with E-state index in [0.29, 0.717) is 52.1 Å². The van der Waals surface area contributed by atoms with E-state index >= 15 is 0 Å². The molecular formula is C28H28F4N7O2+. The first-order valence-corrected chi connectivity index (χ1v) is 12.9. The first-order chi connectivity index (χ1) is 19.6. The minimum atomic E-state index is -4.73. The number of H-pyrrole nitrogens is 2. The van der Waals surface area contributed by atoms with Crippen molar-refractivity contribution in [2.45, 2.75) is 31.6 Å². The van der Waals surface area contributed by atoms with E-state index in [4.69, 9.17) is 10.5 Å². The molecule has 0 spiro atoms. The van der Waals surface area contributed by atoms with Gasteiger partial charge >= 0.3 is 17.8 Å². The van der Waals surface area contributed by atoms with E-state index in [-0.39, 0.29) is 23.6 Å². The number of hydrogen-bond donors (Lipinski definition) is 3. The Kier molecular flexibility index (Phi) is 7.88. The number of carbonyl (C=O) groups is 1. The molecule has 13 heteroatoms. The van der Waals surface area contributed by atoms with Crippen molar-refractivity contribution in [1.29, 1.82) is 0 Å². The van der Waals surface area contributed by atoms with Crippen LogP contribution in [0.1, 0.15) is 28.8 Å². The van der Waals surface area contributed by atoms with E-state index in [1.54, 1.807) is 36.4 Å². The third-order valence-corrected chi connectivity index (χ3v) is 6.94. The number of hydrogen-bond acceptors (Lipinski definition) is 5. The lowest BCUT2D eigenvalue weighted by molar-refractivity contribution is -0.362. The predicted molar refractivity (Wildman–Crippen MR) is 144 cm³/mol. The number of aromatic amines is 2. The molecule has 1 fully saturated rings. The molecule has 0 aliphatic carbocycles. The maximum Gasteiger partial charge on any atom is 0.474 e. The van der Waals surface area contributed by atoms with E-state index < -0.39 is 12.0 Å². The van der Waals surface area contributed by atoms with Gasteiger partial charge in [0.2, 0.25) is 0 Å². The number of methoxy groups -OCH3 is 1. The summed E-state index contributed by atoms with van der Waals surface area (Å²) in [5.41, 5.74) is 7.67. The van der Waals surface area contributed by atoms with Crippen LogP contribution in [0.3, 0.4) is 0 Å². The molecule has 0 radical (unpaired) electrons. The van der Waals surface area contributed by atoms with Crippen molar-refractivity contribution in [1.82, 2.24) is 20.4 Å². The molecule has 0 unspecified atom stereocenters. The van der Waals surface area contributed by atoms with Gasteiger partial charge in [0.25, 0.3) is 5.91 Å². The van der Waals surface area contributed by atoms with Crippen molar-refractivity contribution >= 4 is 28.5 Å². The third-order valence-electron chi connectivity index (χ3n) is 6.94. The van der Waals surface area contributed by atoms with Crippen LogP contribution >= 0.6 is 0 Å². The Labute approximate surface area is 232 Å². The molecule has 5 rings (SSSR count). The third kappa shape index (κ3) is 6.30. The molecule has 1 atom stereocenters. The smallest absolute Gasteiger partial charge is 0.474 e. The van der Waals surface area contributed by atoms with Gasteiger partial charge in [0, 0.05) is 47.3 Å². The van der Waals surface area contributed by atoms with Gasteiger partial charge in [0.1, 0.15) is 17.3 Å². The van der Waals surface area contributed by atoms with Crippen molar-refractivity contribution < 1.29 is 32.1 Å². The summed E-state index contributed by atoms with van der Waals surface area (Å²) in [5, 5.41) is 11.0. The number of piperidine rings is 1. The molecule has 1 aliphatic rings. The number of halogens is 4. The second-order valence-electron chi connectivity index (χ2n) is 9.76. The molecule has 9 nitrogen and oxygen atoms in total. The molecule has 0 saturated carbocycles. The van der Waals surface area contributed by atoms with Gasteiger partial charge in [0.15, 0.2) is 0 Å². The quantitative estimate of drug-likeness (QED) is 0.175. The zero-order valence-corrected chi connectivity index (χ0v) is 22.1. The fourth-order valence-corrected chi connectivity index (χ4v) is 4.89. The Morgan fingerprint density at radius 2 is 2.10 bits per heavy atom. The van der Waals surface area contributed by atoms with Crippen molar-refractivity contribution in [3.8, 4) is 17.0 Å². The van der Waals surface area contributed by atoms with Crippen LogP contribution in [0.5, 0.6) is 5.75 Å². The minimum Gasteiger partial charge on any atom is -0.496 e. The van der Waals surface area contributed by atoms with Gasteiger partial charge in [0.05, 0.1) is 18.8 Å². The molecule has 3 heterocycles. The van der Waals surface area contributed by atoms with Gasteiger partial charge in [-0.15, -0.1) is 0 Å². The van der Waals surface area contributed by atoms with Crippen LogP contribution < -0.4 is 20.8 Å². The van der Waals surface area contributed by atoms with Crippen LogP contribution in [-0.2, 0) is 6.54 Å². The lowest BCUT2D eigenvalue weighted by Gasteiger charge is -2.33. The van der Waals surface area contributed by atoms with Gasteiger partial charge in [-0.05, 0) is 60.8 Å². The topological polar surface area (TPSA) is 123 Å². The number of amides is 1. The Hall–Kier alpha value is -4.52. The van der Waals surface area contributed by atoms with Crippen LogP contribution in [-0.4, -0.2) is 59.3 Å². The highest BCUT2D eigenvalue weighted by Gasteiger charge is 2.38. The minimum absolute atomic E-state index is 0.0709. The number of nitrogens with two attached hydrogens (primary N) is 1. The number of carbonyl (C=O) groups excluding carboxylic acids is 1. The number of aromatic nitrogens is 3. The van der Waals surface area contributed by atoms with Crippen molar-refractivity contribution in [3.63, 3.8) is 0 Å². The van der Waals surface area contributed by atoms with Gasteiger partial charge in [-0.3, -0.25) is 14.8 Å². The molecule has 1 aliphatic heterocycles. The van der Waals surface area contributed by atoms with Crippen LogP contribution in [0, 0.1) is 5.82 Å². The number of nitrogens with one attached hydrogen (secondary N) is 3. The summed E-state index contributed by atoms with van der Waals surface area (Å²) in [7, 11) is 1.51. The van der Waals surface area contributed by atoms with Crippen LogP contribution in [0.25, 0.3) is 22.2 Å². The number of fused-ring (bicyclic) bond motifs is 1. The average molecular weight is 571 g/mol. The highest BCUT2D eigenvalue weighted by Crippen LogP contribution is 2.28.